The lowest BCUT2D eigenvalue weighted by molar-refractivity contribution is -0.117. The molecule has 3 rings (SSSR count). The Hall–Kier alpha value is -2.14. The lowest BCUT2D eigenvalue weighted by Gasteiger charge is -2.31. The molecular formula is C21H30N4O. The second kappa shape index (κ2) is 8.04. The lowest BCUT2D eigenvalue weighted by Crippen LogP contribution is -2.40. The van der Waals surface area contributed by atoms with E-state index in [1.54, 1.807) is 0 Å². The molecule has 1 saturated heterocycles. The summed E-state index contributed by atoms with van der Waals surface area (Å²) in [7, 11) is 0. The van der Waals surface area contributed by atoms with Crippen molar-refractivity contribution in [2.24, 2.45) is 5.92 Å². The van der Waals surface area contributed by atoms with Gasteiger partial charge in [-0.3, -0.25) is 9.69 Å². The molecule has 1 N–H and O–H groups in total. The van der Waals surface area contributed by atoms with Crippen molar-refractivity contribution in [3.63, 3.8) is 0 Å². The summed E-state index contributed by atoms with van der Waals surface area (Å²) in [6.07, 6.45) is 6.19. The van der Waals surface area contributed by atoms with Crippen molar-refractivity contribution < 1.29 is 4.79 Å². The van der Waals surface area contributed by atoms with E-state index in [0.717, 1.165) is 55.1 Å². The van der Waals surface area contributed by atoms with Gasteiger partial charge in [0.25, 0.3) is 0 Å². The van der Waals surface area contributed by atoms with Gasteiger partial charge in [-0.05, 0) is 70.7 Å². The van der Waals surface area contributed by atoms with Crippen LogP contribution in [-0.4, -0.2) is 40.0 Å². The van der Waals surface area contributed by atoms with Crippen LogP contribution >= 0.6 is 0 Å². The first-order chi connectivity index (χ1) is 12.4. The summed E-state index contributed by atoms with van der Waals surface area (Å²) in [5.41, 5.74) is 4.45. The second-order valence-corrected chi connectivity index (χ2v) is 7.67. The number of aromatic nitrogens is 2. The molecule has 2 aromatic rings. The maximum atomic E-state index is 12.5. The van der Waals surface area contributed by atoms with Crippen molar-refractivity contribution in [3.05, 3.63) is 47.0 Å². The highest BCUT2D eigenvalue weighted by atomic mass is 16.2. The van der Waals surface area contributed by atoms with Crippen LogP contribution in [0.25, 0.3) is 0 Å². The number of carbonyl (C=O) groups excluding carboxylic acids is 1. The highest BCUT2D eigenvalue weighted by molar-refractivity contribution is 5.93. The number of rotatable bonds is 5. The van der Waals surface area contributed by atoms with Crippen LogP contribution in [-0.2, 0) is 11.3 Å². The van der Waals surface area contributed by atoms with Crippen LogP contribution in [0.1, 0.15) is 35.4 Å². The molecule has 5 nitrogen and oxygen atoms in total. The molecule has 1 aromatic heterocycles. The monoisotopic (exact) mass is 354 g/mol. The predicted molar refractivity (Wildman–Crippen MR) is 105 cm³/mol. The maximum Gasteiger partial charge on any atom is 0.238 e. The molecule has 0 aliphatic carbocycles. The number of hydrogen-bond acceptors (Lipinski definition) is 3. The van der Waals surface area contributed by atoms with Gasteiger partial charge in [-0.25, -0.2) is 4.98 Å². The normalized spacial score (nSPS) is 16.0. The second-order valence-electron chi connectivity index (χ2n) is 7.67. The van der Waals surface area contributed by atoms with Crippen LogP contribution in [0.2, 0.25) is 0 Å². The molecule has 1 aliphatic heterocycles. The Kier molecular flexibility index (Phi) is 5.77. The molecule has 0 unspecified atom stereocenters. The summed E-state index contributed by atoms with van der Waals surface area (Å²) >= 11 is 0. The van der Waals surface area contributed by atoms with E-state index < -0.39 is 0 Å². The fourth-order valence-electron chi connectivity index (χ4n) is 3.96. The van der Waals surface area contributed by atoms with Gasteiger partial charge in [0.15, 0.2) is 0 Å². The summed E-state index contributed by atoms with van der Waals surface area (Å²) < 4.78 is 2.23. The van der Waals surface area contributed by atoms with Crippen LogP contribution in [0.5, 0.6) is 0 Å². The smallest absolute Gasteiger partial charge is 0.238 e. The van der Waals surface area contributed by atoms with E-state index in [9.17, 15) is 4.79 Å². The fraction of sp³-hybridized carbons (Fsp3) is 0.524. The number of piperidine rings is 1. The molecule has 1 aliphatic rings. The van der Waals surface area contributed by atoms with Crippen molar-refractivity contribution in [3.8, 4) is 0 Å². The molecule has 1 amide bonds. The Morgan fingerprint density at radius 2 is 1.81 bits per heavy atom. The number of nitrogens with one attached hydrogen (secondary N) is 1. The van der Waals surface area contributed by atoms with E-state index in [2.05, 4.69) is 65.8 Å². The van der Waals surface area contributed by atoms with E-state index in [1.807, 2.05) is 6.20 Å². The highest BCUT2D eigenvalue weighted by Crippen LogP contribution is 2.23. The third kappa shape index (κ3) is 4.52. The number of anilines is 1. The van der Waals surface area contributed by atoms with Gasteiger partial charge in [0.2, 0.25) is 5.91 Å². The van der Waals surface area contributed by atoms with Crippen LogP contribution in [0.4, 0.5) is 5.69 Å². The molecular weight excluding hydrogens is 324 g/mol. The molecule has 1 fully saturated rings. The molecule has 0 spiro atoms. The van der Waals surface area contributed by atoms with E-state index in [1.165, 1.54) is 5.56 Å². The van der Waals surface area contributed by atoms with Gasteiger partial charge in [0.05, 0.1) is 6.54 Å². The van der Waals surface area contributed by atoms with Gasteiger partial charge < -0.3 is 9.88 Å². The van der Waals surface area contributed by atoms with Crippen molar-refractivity contribution in [2.45, 2.75) is 47.1 Å². The van der Waals surface area contributed by atoms with Crippen molar-refractivity contribution in [1.82, 2.24) is 14.5 Å². The summed E-state index contributed by atoms with van der Waals surface area (Å²) in [6.45, 7) is 11.7. The summed E-state index contributed by atoms with van der Waals surface area (Å²) in [4.78, 5) is 19.1. The van der Waals surface area contributed by atoms with E-state index >= 15 is 0 Å². The van der Waals surface area contributed by atoms with Crippen molar-refractivity contribution in [1.29, 1.82) is 0 Å². The highest BCUT2D eigenvalue weighted by Gasteiger charge is 2.22. The quantitative estimate of drug-likeness (QED) is 0.894. The zero-order chi connectivity index (χ0) is 18.7. The Bertz CT molecular complexity index is 749. The number of aryl methyl sites for hydroxylation is 4. The number of nitrogens with zero attached hydrogens (tertiary/aromatic N) is 3. The van der Waals surface area contributed by atoms with Gasteiger partial charge in [0, 0.05) is 24.6 Å². The summed E-state index contributed by atoms with van der Waals surface area (Å²) in [6, 6.07) is 4.23. The Balaban J connectivity index is 1.49. The number of benzene rings is 1. The van der Waals surface area contributed by atoms with Crippen molar-refractivity contribution >= 4 is 11.6 Å². The average Bonchev–Trinajstić information content (AvgIpc) is 2.98. The number of likely N-dealkylation sites (tertiary alicyclic amines) is 1. The summed E-state index contributed by atoms with van der Waals surface area (Å²) in [5.74, 6) is 1.84. The molecule has 0 saturated carbocycles. The van der Waals surface area contributed by atoms with E-state index in [-0.39, 0.29) is 5.91 Å². The molecule has 1 aromatic carbocycles. The standard InChI is InChI=1S/C21H30N4O/c1-15-11-16(2)21(17(3)12-15)23-20(26)14-24-8-5-19(6-9-24)13-25-10-7-22-18(25)4/h7,10-12,19H,5-6,8-9,13-14H2,1-4H3,(H,23,26). The fourth-order valence-corrected chi connectivity index (χ4v) is 3.96. The Morgan fingerprint density at radius 1 is 1.15 bits per heavy atom. The van der Waals surface area contributed by atoms with Crippen LogP contribution in [0.3, 0.4) is 0 Å². The van der Waals surface area contributed by atoms with Crippen LogP contribution in [0, 0.1) is 33.6 Å². The van der Waals surface area contributed by atoms with E-state index in [4.69, 9.17) is 0 Å². The summed E-state index contributed by atoms with van der Waals surface area (Å²) in [5, 5.41) is 3.12. The molecule has 26 heavy (non-hydrogen) atoms. The zero-order valence-electron chi connectivity index (χ0n) is 16.4. The van der Waals surface area contributed by atoms with Gasteiger partial charge in [-0.2, -0.15) is 0 Å². The van der Waals surface area contributed by atoms with Crippen molar-refractivity contribution in [2.75, 3.05) is 25.0 Å². The van der Waals surface area contributed by atoms with Gasteiger partial charge in [0.1, 0.15) is 5.82 Å². The molecule has 5 heteroatoms. The maximum absolute atomic E-state index is 12.5. The number of imidazole rings is 1. The first-order valence-electron chi connectivity index (χ1n) is 9.50. The largest absolute Gasteiger partial charge is 0.335 e. The Labute approximate surface area is 156 Å². The number of carbonyl (C=O) groups is 1. The number of amides is 1. The average molecular weight is 354 g/mol. The molecule has 2 heterocycles. The third-order valence-electron chi connectivity index (χ3n) is 5.39. The molecule has 140 valence electrons. The molecule has 0 radical (unpaired) electrons. The molecule has 0 bridgehead atoms. The predicted octanol–water partition coefficient (Wildman–Crippen LogP) is 3.47. The number of hydrogen-bond donors (Lipinski definition) is 1. The van der Waals surface area contributed by atoms with Crippen LogP contribution in [0.15, 0.2) is 24.5 Å². The Morgan fingerprint density at radius 3 is 2.38 bits per heavy atom. The van der Waals surface area contributed by atoms with Crippen LogP contribution < -0.4 is 5.32 Å². The zero-order valence-corrected chi connectivity index (χ0v) is 16.4. The topological polar surface area (TPSA) is 50.2 Å². The van der Waals surface area contributed by atoms with E-state index in [0.29, 0.717) is 12.5 Å². The van der Waals surface area contributed by atoms with Gasteiger partial charge in [-0.1, -0.05) is 17.7 Å². The lowest BCUT2D eigenvalue weighted by atomic mass is 9.96. The first-order valence-corrected chi connectivity index (χ1v) is 9.50. The third-order valence-corrected chi connectivity index (χ3v) is 5.39. The minimum Gasteiger partial charge on any atom is -0.335 e. The van der Waals surface area contributed by atoms with Gasteiger partial charge >= 0.3 is 0 Å². The SMILES string of the molecule is Cc1cc(C)c(NC(=O)CN2CCC(Cn3ccnc3C)CC2)c(C)c1. The first kappa shape index (κ1) is 18.6. The minimum atomic E-state index is 0.0870. The minimum absolute atomic E-state index is 0.0870. The molecule has 0 atom stereocenters. The van der Waals surface area contributed by atoms with Gasteiger partial charge in [-0.15, -0.1) is 0 Å².